The van der Waals surface area contributed by atoms with E-state index in [1.807, 2.05) is 0 Å². The Bertz CT molecular complexity index is 513. The Labute approximate surface area is 117 Å². The number of carbonyl (C=O) groups is 1. The Morgan fingerprint density at radius 1 is 1.05 bits per heavy atom. The summed E-state index contributed by atoms with van der Waals surface area (Å²) in [4.78, 5) is 10.9. The van der Waals surface area contributed by atoms with E-state index in [4.69, 9.17) is 14.6 Å². The van der Waals surface area contributed by atoms with Gasteiger partial charge in [-0.3, -0.25) is 4.79 Å². The number of aromatic hydroxyl groups is 1. The maximum Gasteiger partial charge on any atom is 0.303 e. The third-order valence-electron chi connectivity index (χ3n) is 3.91. The van der Waals surface area contributed by atoms with Crippen LogP contribution in [0.5, 0.6) is 17.2 Å². The molecular formula is C15H18O5. The molecule has 3 rings (SSSR count). The van der Waals surface area contributed by atoms with E-state index < -0.39 is 5.97 Å². The lowest BCUT2D eigenvalue weighted by Crippen LogP contribution is -2.17. The number of phenols is 1. The zero-order valence-corrected chi connectivity index (χ0v) is 11.3. The quantitative estimate of drug-likeness (QED) is 0.885. The summed E-state index contributed by atoms with van der Waals surface area (Å²) in [6.45, 7) is 1.21. The van der Waals surface area contributed by atoms with Crippen molar-refractivity contribution in [3.05, 3.63) is 16.7 Å². The van der Waals surface area contributed by atoms with E-state index in [1.165, 1.54) is 0 Å². The van der Waals surface area contributed by atoms with Crippen LogP contribution in [0.3, 0.4) is 0 Å². The van der Waals surface area contributed by atoms with Crippen LogP contribution in [-0.2, 0) is 24.1 Å². The molecule has 108 valence electrons. The minimum absolute atomic E-state index is 0.0625. The van der Waals surface area contributed by atoms with Gasteiger partial charge in [0.2, 0.25) is 0 Å². The van der Waals surface area contributed by atoms with Crippen LogP contribution in [0.1, 0.15) is 36.0 Å². The predicted molar refractivity (Wildman–Crippen MR) is 71.7 cm³/mol. The Kier molecular flexibility index (Phi) is 3.42. The lowest BCUT2D eigenvalue weighted by atomic mass is 9.90. The number of rotatable bonds is 3. The van der Waals surface area contributed by atoms with Gasteiger partial charge in [-0.2, -0.15) is 0 Å². The maximum absolute atomic E-state index is 10.9. The number of hydrogen-bond donors (Lipinski definition) is 2. The van der Waals surface area contributed by atoms with Crippen molar-refractivity contribution in [3.63, 3.8) is 0 Å². The minimum atomic E-state index is -0.826. The molecule has 2 N–H and O–H groups in total. The molecule has 1 aromatic carbocycles. The Morgan fingerprint density at radius 3 is 2.40 bits per heavy atom. The topological polar surface area (TPSA) is 76.0 Å². The second-order valence-electron chi connectivity index (χ2n) is 5.24. The predicted octanol–water partition coefficient (Wildman–Crippen LogP) is 2.06. The fourth-order valence-electron chi connectivity index (χ4n) is 3.01. The highest BCUT2D eigenvalue weighted by atomic mass is 16.5. The summed E-state index contributed by atoms with van der Waals surface area (Å²) >= 11 is 0. The number of fused-ring (bicyclic) bond motifs is 2. The van der Waals surface area contributed by atoms with Crippen molar-refractivity contribution < 1.29 is 24.5 Å². The maximum atomic E-state index is 10.9. The highest BCUT2D eigenvalue weighted by Gasteiger charge is 2.29. The molecule has 0 unspecified atom stereocenters. The number of aliphatic carboxylic acids is 1. The van der Waals surface area contributed by atoms with E-state index >= 15 is 0 Å². The first kappa shape index (κ1) is 13.1. The summed E-state index contributed by atoms with van der Waals surface area (Å²) in [6.07, 6.45) is 3.77. The van der Waals surface area contributed by atoms with Gasteiger partial charge in [0.15, 0.2) is 11.5 Å². The lowest BCUT2D eigenvalue weighted by Gasteiger charge is -2.28. The van der Waals surface area contributed by atoms with E-state index in [2.05, 4.69) is 0 Å². The summed E-state index contributed by atoms with van der Waals surface area (Å²) in [6, 6.07) is 0. The molecule has 5 heteroatoms. The van der Waals surface area contributed by atoms with Gasteiger partial charge in [-0.15, -0.1) is 0 Å². The van der Waals surface area contributed by atoms with Crippen LogP contribution in [0.25, 0.3) is 0 Å². The molecule has 2 aliphatic rings. The average molecular weight is 278 g/mol. The molecule has 0 spiro atoms. The van der Waals surface area contributed by atoms with Crippen molar-refractivity contribution in [3.8, 4) is 17.2 Å². The summed E-state index contributed by atoms with van der Waals surface area (Å²) in [5.41, 5.74) is 2.61. The van der Waals surface area contributed by atoms with Crippen LogP contribution in [0.2, 0.25) is 0 Å². The van der Waals surface area contributed by atoms with Gasteiger partial charge in [0.25, 0.3) is 0 Å². The fourth-order valence-corrected chi connectivity index (χ4v) is 3.01. The van der Waals surface area contributed by atoms with Crippen LogP contribution in [0.4, 0.5) is 0 Å². The highest BCUT2D eigenvalue weighted by Crippen LogP contribution is 2.47. The molecule has 20 heavy (non-hydrogen) atoms. The summed E-state index contributed by atoms with van der Waals surface area (Å²) < 4.78 is 11.3. The zero-order valence-electron chi connectivity index (χ0n) is 11.3. The average Bonchev–Trinajstić information content (AvgIpc) is 2.47. The van der Waals surface area contributed by atoms with Crippen LogP contribution in [-0.4, -0.2) is 29.4 Å². The van der Waals surface area contributed by atoms with Crippen LogP contribution in [0.15, 0.2) is 0 Å². The molecule has 0 bridgehead atoms. The van der Waals surface area contributed by atoms with Crippen molar-refractivity contribution >= 4 is 5.97 Å². The van der Waals surface area contributed by atoms with Crippen molar-refractivity contribution in [1.29, 1.82) is 0 Å². The van der Waals surface area contributed by atoms with E-state index in [1.54, 1.807) is 0 Å². The molecule has 0 radical (unpaired) electrons. The molecule has 0 atom stereocenters. The van der Waals surface area contributed by atoms with Crippen LogP contribution in [0, 0.1) is 0 Å². The molecule has 0 fully saturated rings. The standard InChI is InChI=1S/C15H18O5/c16-12(17)6-5-10-9-3-1-8-20-15(9)13(18)11-4-2-7-19-14(10)11/h18H,1-8H2,(H,16,17). The van der Waals surface area contributed by atoms with E-state index in [-0.39, 0.29) is 12.2 Å². The molecule has 0 saturated heterocycles. The van der Waals surface area contributed by atoms with Gasteiger partial charge >= 0.3 is 5.97 Å². The van der Waals surface area contributed by atoms with E-state index in [0.29, 0.717) is 31.1 Å². The highest BCUT2D eigenvalue weighted by molar-refractivity contribution is 5.69. The van der Waals surface area contributed by atoms with E-state index in [0.717, 1.165) is 42.4 Å². The smallest absolute Gasteiger partial charge is 0.303 e. The van der Waals surface area contributed by atoms with Gasteiger partial charge in [-0.1, -0.05) is 0 Å². The number of hydrogen-bond acceptors (Lipinski definition) is 4. The van der Waals surface area contributed by atoms with Gasteiger partial charge in [0.1, 0.15) is 5.75 Å². The van der Waals surface area contributed by atoms with Gasteiger partial charge in [0, 0.05) is 23.1 Å². The minimum Gasteiger partial charge on any atom is -0.504 e. The van der Waals surface area contributed by atoms with Crippen molar-refractivity contribution in [1.82, 2.24) is 0 Å². The number of carboxylic acid groups (broad SMARTS) is 1. The Balaban J connectivity index is 2.11. The zero-order chi connectivity index (χ0) is 14.1. The van der Waals surface area contributed by atoms with Crippen molar-refractivity contribution in [2.24, 2.45) is 0 Å². The molecule has 0 saturated carbocycles. The number of carboxylic acids is 1. The molecule has 0 aliphatic carbocycles. The molecule has 1 aromatic rings. The molecule has 5 nitrogen and oxygen atoms in total. The summed E-state index contributed by atoms with van der Waals surface area (Å²) in [5, 5.41) is 19.3. The second-order valence-corrected chi connectivity index (χ2v) is 5.24. The Morgan fingerprint density at radius 2 is 1.70 bits per heavy atom. The van der Waals surface area contributed by atoms with Crippen LogP contribution < -0.4 is 9.47 Å². The molecule has 2 aliphatic heterocycles. The summed E-state index contributed by atoms with van der Waals surface area (Å²) in [5.74, 6) is 0.599. The van der Waals surface area contributed by atoms with Gasteiger partial charge in [-0.05, 0) is 32.1 Å². The lowest BCUT2D eigenvalue weighted by molar-refractivity contribution is -0.136. The molecular weight excluding hydrogens is 260 g/mol. The molecule has 0 amide bonds. The third-order valence-corrected chi connectivity index (χ3v) is 3.91. The van der Waals surface area contributed by atoms with Gasteiger partial charge in [0.05, 0.1) is 13.2 Å². The third kappa shape index (κ3) is 2.17. The largest absolute Gasteiger partial charge is 0.504 e. The van der Waals surface area contributed by atoms with Crippen molar-refractivity contribution in [2.75, 3.05) is 13.2 Å². The second kappa shape index (κ2) is 5.23. The normalized spacial score (nSPS) is 16.6. The number of phenolic OH excluding ortho intramolecular Hbond substituents is 1. The van der Waals surface area contributed by atoms with E-state index in [9.17, 15) is 9.90 Å². The van der Waals surface area contributed by atoms with Crippen molar-refractivity contribution in [2.45, 2.75) is 38.5 Å². The fraction of sp³-hybridized carbons (Fsp3) is 0.533. The molecule has 0 aromatic heterocycles. The first-order chi connectivity index (χ1) is 9.68. The first-order valence-electron chi connectivity index (χ1n) is 7.05. The SMILES string of the molecule is O=C(O)CCc1c2c(c(O)c3c1OCCC3)OCCC2. The first-order valence-corrected chi connectivity index (χ1v) is 7.05. The monoisotopic (exact) mass is 278 g/mol. The number of ether oxygens (including phenoxy) is 2. The molecule has 2 heterocycles. The van der Waals surface area contributed by atoms with Gasteiger partial charge < -0.3 is 19.7 Å². The Hall–Kier alpha value is -1.91. The summed E-state index contributed by atoms with van der Waals surface area (Å²) in [7, 11) is 0. The number of benzene rings is 1. The van der Waals surface area contributed by atoms with Crippen LogP contribution >= 0.6 is 0 Å². The van der Waals surface area contributed by atoms with Gasteiger partial charge in [-0.25, -0.2) is 0 Å².